The maximum Gasteiger partial charge on any atom is 0.573 e. The first kappa shape index (κ1) is 22.3. The number of alkyl halides is 6. The average Bonchev–Trinajstić information content (AvgIpc) is 3.15. The molecule has 1 aromatic carbocycles. The Morgan fingerprint density at radius 3 is 2.45 bits per heavy atom. The third-order valence-electron chi connectivity index (χ3n) is 3.77. The number of benzene rings is 1. The molecule has 1 amide bonds. The summed E-state index contributed by atoms with van der Waals surface area (Å²) in [4.78, 5) is 16.0. The molecule has 3 aromatic rings. The van der Waals surface area contributed by atoms with Crippen molar-refractivity contribution in [3.8, 4) is 11.4 Å². The molecule has 164 valence electrons. The van der Waals surface area contributed by atoms with Crippen LogP contribution < -0.4 is 15.6 Å². The quantitative estimate of drug-likeness (QED) is 0.402. The molecule has 0 fully saturated rings. The Kier molecular flexibility index (Phi) is 6.02. The van der Waals surface area contributed by atoms with Crippen LogP contribution in [-0.4, -0.2) is 21.8 Å². The van der Waals surface area contributed by atoms with E-state index < -0.39 is 29.8 Å². The summed E-state index contributed by atoms with van der Waals surface area (Å²) in [6, 6.07) is 8.40. The Morgan fingerprint density at radius 1 is 1.06 bits per heavy atom. The fourth-order valence-corrected chi connectivity index (χ4v) is 2.70. The van der Waals surface area contributed by atoms with Gasteiger partial charge in [-0.15, -0.1) is 13.2 Å². The van der Waals surface area contributed by atoms with Crippen molar-refractivity contribution < 1.29 is 35.9 Å². The zero-order valence-electron chi connectivity index (χ0n) is 15.1. The second-order valence-corrected chi connectivity index (χ2v) is 6.35. The van der Waals surface area contributed by atoms with Crippen LogP contribution in [0.25, 0.3) is 5.69 Å². The maximum atomic E-state index is 12.7. The largest absolute Gasteiger partial charge is 0.573 e. The van der Waals surface area contributed by atoms with E-state index in [9.17, 15) is 31.1 Å². The molecule has 0 spiro atoms. The van der Waals surface area contributed by atoms with Gasteiger partial charge in [-0.25, -0.2) is 4.98 Å². The molecule has 3 rings (SSSR count). The lowest BCUT2D eigenvalue weighted by molar-refractivity contribution is -0.274. The molecule has 2 heterocycles. The lowest BCUT2D eigenvalue weighted by Gasteiger charge is -2.14. The second-order valence-electron chi connectivity index (χ2n) is 5.94. The summed E-state index contributed by atoms with van der Waals surface area (Å²) >= 11 is 5.75. The normalized spacial score (nSPS) is 11.8. The molecular weight excluding hydrogens is 454 g/mol. The van der Waals surface area contributed by atoms with E-state index >= 15 is 0 Å². The van der Waals surface area contributed by atoms with Crippen LogP contribution in [0.3, 0.4) is 0 Å². The van der Waals surface area contributed by atoms with Crippen molar-refractivity contribution in [2.75, 3.05) is 5.43 Å². The van der Waals surface area contributed by atoms with Crippen LogP contribution in [0.15, 0.2) is 54.9 Å². The third-order valence-corrected chi connectivity index (χ3v) is 4.06. The van der Waals surface area contributed by atoms with Crippen molar-refractivity contribution in [1.29, 1.82) is 0 Å². The lowest BCUT2D eigenvalue weighted by atomic mass is 10.3. The van der Waals surface area contributed by atoms with Crippen LogP contribution in [-0.2, 0) is 6.18 Å². The Balaban J connectivity index is 1.76. The Labute approximate surface area is 175 Å². The fraction of sp³-hybridized carbons (Fsp3) is 0.111. The number of pyridine rings is 1. The zero-order chi connectivity index (χ0) is 22.8. The van der Waals surface area contributed by atoms with Crippen molar-refractivity contribution >= 4 is 23.3 Å². The van der Waals surface area contributed by atoms with Gasteiger partial charge in [0.25, 0.3) is 5.91 Å². The average molecular weight is 465 g/mol. The number of amides is 1. The van der Waals surface area contributed by atoms with Crippen LogP contribution in [0.4, 0.5) is 32.2 Å². The van der Waals surface area contributed by atoms with E-state index in [2.05, 4.69) is 20.6 Å². The molecule has 0 aliphatic rings. The van der Waals surface area contributed by atoms with Crippen molar-refractivity contribution in [3.05, 3.63) is 71.1 Å². The van der Waals surface area contributed by atoms with Crippen LogP contribution in [0.5, 0.6) is 5.75 Å². The van der Waals surface area contributed by atoms with Crippen molar-refractivity contribution in [3.63, 3.8) is 0 Å². The minimum absolute atomic E-state index is 0.000284. The first-order chi connectivity index (χ1) is 14.4. The van der Waals surface area contributed by atoms with Gasteiger partial charge in [0.15, 0.2) is 5.82 Å². The van der Waals surface area contributed by atoms with E-state index in [0.29, 0.717) is 12.3 Å². The monoisotopic (exact) mass is 464 g/mol. The Hall–Kier alpha value is -3.41. The molecule has 31 heavy (non-hydrogen) atoms. The predicted octanol–water partition coefficient (Wildman–Crippen LogP) is 5.20. The molecule has 2 aromatic heterocycles. The number of carbonyl (C=O) groups excluding carboxylic acids is 1. The van der Waals surface area contributed by atoms with E-state index in [1.807, 2.05) is 0 Å². The highest BCUT2D eigenvalue weighted by atomic mass is 35.5. The van der Waals surface area contributed by atoms with Crippen molar-refractivity contribution in [2.24, 2.45) is 0 Å². The van der Waals surface area contributed by atoms with E-state index in [0.717, 1.165) is 12.1 Å². The molecule has 0 saturated heterocycles. The van der Waals surface area contributed by atoms with Gasteiger partial charge in [-0.3, -0.25) is 15.6 Å². The van der Waals surface area contributed by atoms with Gasteiger partial charge >= 0.3 is 12.5 Å². The summed E-state index contributed by atoms with van der Waals surface area (Å²) in [7, 11) is 0. The number of nitrogens with one attached hydrogen (secondary N) is 2. The van der Waals surface area contributed by atoms with Gasteiger partial charge < -0.3 is 9.30 Å². The first-order valence-electron chi connectivity index (χ1n) is 8.27. The minimum Gasteiger partial charge on any atom is -0.406 e. The Bertz CT molecular complexity index is 1100. The number of anilines is 1. The van der Waals surface area contributed by atoms with Crippen molar-refractivity contribution in [1.82, 2.24) is 15.0 Å². The number of aromatic nitrogens is 2. The van der Waals surface area contributed by atoms with Gasteiger partial charge in [0.2, 0.25) is 0 Å². The topological polar surface area (TPSA) is 68.2 Å². The summed E-state index contributed by atoms with van der Waals surface area (Å²) in [5.41, 5.74) is 3.65. The summed E-state index contributed by atoms with van der Waals surface area (Å²) in [5, 5.41) is -0.387. The minimum atomic E-state index is -4.88. The van der Waals surface area contributed by atoms with Crippen LogP contribution in [0, 0.1) is 0 Å². The van der Waals surface area contributed by atoms with E-state index in [-0.39, 0.29) is 22.2 Å². The van der Waals surface area contributed by atoms with Gasteiger partial charge in [-0.2, -0.15) is 13.2 Å². The second kappa shape index (κ2) is 8.38. The molecule has 6 nitrogen and oxygen atoms in total. The lowest BCUT2D eigenvalue weighted by Crippen LogP contribution is -2.31. The van der Waals surface area contributed by atoms with E-state index in [1.54, 1.807) is 0 Å². The van der Waals surface area contributed by atoms with Gasteiger partial charge in [0.1, 0.15) is 11.4 Å². The summed E-state index contributed by atoms with van der Waals surface area (Å²) < 4.78 is 80.4. The maximum absolute atomic E-state index is 12.7. The molecule has 2 N–H and O–H groups in total. The number of nitrogens with zero attached hydrogens (tertiary/aromatic N) is 2. The molecule has 0 bridgehead atoms. The molecule has 0 radical (unpaired) electrons. The molecular formula is C18H11ClF6N4O2. The summed E-state index contributed by atoms with van der Waals surface area (Å²) in [6.07, 6.45) is -7.56. The van der Waals surface area contributed by atoms with E-state index in [4.69, 9.17) is 11.6 Å². The van der Waals surface area contributed by atoms with Crippen LogP contribution in [0.1, 0.15) is 16.1 Å². The molecule has 0 atom stereocenters. The van der Waals surface area contributed by atoms with Gasteiger partial charge in [-0.1, -0.05) is 17.7 Å². The summed E-state index contributed by atoms with van der Waals surface area (Å²) in [5.74, 6) is -1.48. The molecule has 0 unspecified atom stereocenters. The number of ether oxygens (including phenoxy) is 1. The van der Waals surface area contributed by atoms with Crippen LogP contribution >= 0.6 is 11.6 Å². The summed E-state index contributed by atoms with van der Waals surface area (Å²) in [6.45, 7) is 0. The number of hydrogen-bond acceptors (Lipinski definition) is 4. The standard InChI is InChI=1S/C18H11ClF6N4O2/c19-13-7-10(17(20,21)22)9-26-15(13)27-28-16(30)14-5-2-6-29(14)11-3-1-4-12(8-11)31-18(23,24)25/h1-9H,(H,26,27)(H,28,30). The van der Waals surface area contributed by atoms with Crippen LogP contribution in [0.2, 0.25) is 5.02 Å². The molecule has 0 aliphatic heterocycles. The highest BCUT2D eigenvalue weighted by molar-refractivity contribution is 6.33. The highest BCUT2D eigenvalue weighted by Gasteiger charge is 2.32. The molecule has 13 heteroatoms. The SMILES string of the molecule is O=C(NNc1ncc(C(F)(F)F)cc1Cl)c1cccn1-c1cccc(OC(F)(F)F)c1. The number of hydrazine groups is 1. The number of hydrogen-bond donors (Lipinski definition) is 2. The van der Waals surface area contributed by atoms with Gasteiger partial charge in [0, 0.05) is 24.1 Å². The van der Waals surface area contributed by atoms with E-state index in [1.165, 1.54) is 35.0 Å². The van der Waals surface area contributed by atoms with Gasteiger partial charge in [-0.05, 0) is 30.3 Å². The molecule has 0 saturated carbocycles. The van der Waals surface area contributed by atoms with Gasteiger partial charge in [0.05, 0.1) is 10.6 Å². The third kappa shape index (κ3) is 5.60. The highest BCUT2D eigenvalue weighted by Crippen LogP contribution is 2.32. The smallest absolute Gasteiger partial charge is 0.406 e. The first-order valence-corrected chi connectivity index (χ1v) is 8.64. The predicted molar refractivity (Wildman–Crippen MR) is 97.8 cm³/mol. The number of carbonyl (C=O) groups is 1. The fourth-order valence-electron chi connectivity index (χ4n) is 2.49. The number of halogens is 7. The zero-order valence-corrected chi connectivity index (χ0v) is 15.8. The Morgan fingerprint density at radius 2 is 1.81 bits per heavy atom. The molecule has 0 aliphatic carbocycles. The number of rotatable bonds is 5. The van der Waals surface area contributed by atoms with Crippen molar-refractivity contribution in [2.45, 2.75) is 12.5 Å².